The highest BCUT2D eigenvalue weighted by molar-refractivity contribution is 5.79. The molecule has 3 nitrogen and oxygen atoms in total. The minimum absolute atomic E-state index is 0.0251. The first-order chi connectivity index (χ1) is 9.65. The molecule has 20 heavy (non-hydrogen) atoms. The van der Waals surface area contributed by atoms with Gasteiger partial charge in [0, 0.05) is 5.39 Å². The Morgan fingerprint density at radius 3 is 2.70 bits per heavy atom. The van der Waals surface area contributed by atoms with E-state index in [9.17, 15) is 8.78 Å². The molecule has 0 radical (unpaired) electrons. The van der Waals surface area contributed by atoms with Gasteiger partial charge >= 0.3 is 0 Å². The highest BCUT2D eigenvalue weighted by Gasteiger charge is 2.14. The van der Waals surface area contributed by atoms with Crippen molar-refractivity contribution in [3.8, 4) is 11.5 Å². The van der Waals surface area contributed by atoms with Gasteiger partial charge in [-0.1, -0.05) is 18.2 Å². The van der Waals surface area contributed by atoms with E-state index < -0.39 is 11.6 Å². The predicted octanol–water partition coefficient (Wildman–Crippen LogP) is 3.89. The van der Waals surface area contributed by atoms with Crippen LogP contribution >= 0.6 is 0 Å². The Morgan fingerprint density at radius 2 is 1.85 bits per heavy atom. The van der Waals surface area contributed by atoms with Gasteiger partial charge in [0.15, 0.2) is 11.6 Å². The fraction of sp³-hybridized carbons (Fsp3) is 0. The zero-order chi connectivity index (χ0) is 14.1. The first-order valence-electron chi connectivity index (χ1n) is 5.91. The van der Waals surface area contributed by atoms with Gasteiger partial charge in [0.05, 0.1) is 17.4 Å². The van der Waals surface area contributed by atoms with E-state index in [2.05, 4.69) is 4.98 Å². The van der Waals surface area contributed by atoms with Gasteiger partial charge in [-0.15, -0.1) is 0 Å². The number of para-hydroxylation sites is 1. The van der Waals surface area contributed by atoms with Crippen LogP contribution in [0.3, 0.4) is 0 Å². The molecule has 3 aromatic rings. The molecule has 3 rings (SSSR count). The number of anilines is 1. The molecule has 0 saturated heterocycles. The SMILES string of the molecule is Nc1ccc(F)c(F)c1Oc1cnc2ccccc2c1. The molecule has 5 heteroatoms. The van der Waals surface area contributed by atoms with Crippen molar-refractivity contribution in [3.63, 3.8) is 0 Å². The minimum Gasteiger partial charge on any atom is -0.450 e. The molecule has 2 aromatic carbocycles. The highest BCUT2D eigenvalue weighted by Crippen LogP contribution is 2.32. The summed E-state index contributed by atoms with van der Waals surface area (Å²) in [5.74, 6) is -2.16. The zero-order valence-corrected chi connectivity index (χ0v) is 10.3. The molecule has 0 amide bonds. The van der Waals surface area contributed by atoms with Gasteiger partial charge in [-0.2, -0.15) is 4.39 Å². The normalized spacial score (nSPS) is 10.7. The lowest BCUT2D eigenvalue weighted by molar-refractivity contribution is 0.417. The molecule has 0 aliphatic carbocycles. The largest absolute Gasteiger partial charge is 0.450 e. The average molecular weight is 272 g/mol. The molecule has 100 valence electrons. The third-order valence-corrected chi connectivity index (χ3v) is 2.87. The van der Waals surface area contributed by atoms with E-state index in [-0.39, 0.29) is 11.4 Å². The van der Waals surface area contributed by atoms with Crippen LogP contribution in [-0.4, -0.2) is 4.98 Å². The van der Waals surface area contributed by atoms with E-state index in [0.29, 0.717) is 5.75 Å². The maximum Gasteiger partial charge on any atom is 0.203 e. The van der Waals surface area contributed by atoms with Gasteiger partial charge in [-0.05, 0) is 24.3 Å². The Balaban J connectivity index is 2.03. The van der Waals surface area contributed by atoms with Crippen LogP contribution in [0.25, 0.3) is 10.9 Å². The van der Waals surface area contributed by atoms with Crippen molar-refractivity contribution >= 4 is 16.6 Å². The van der Waals surface area contributed by atoms with Crippen molar-refractivity contribution < 1.29 is 13.5 Å². The van der Waals surface area contributed by atoms with Gasteiger partial charge in [0.1, 0.15) is 5.75 Å². The second kappa shape index (κ2) is 4.77. The molecule has 0 atom stereocenters. The lowest BCUT2D eigenvalue weighted by atomic mass is 10.2. The average Bonchev–Trinajstić information content (AvgIpc) is 2.47. The number of benzene rings is 2. The molecule has 1 aromatic heterocycles. The van der Waals surface area contributed by atoms with Crippen molar-refractivity contribution in [1.29, 1.82) is 0 Å². The molecule has 0 saturated carbocycles. The number of aromatic nitrogens is 1. The molecule has 0 unspecified atom stereocenters. The summed E-state index contributed by atoms with van der Waals surface area (Å²) >= 11 is 0. The van der Waals surface area contributed by atoms with Gasteiger partial charge in [0.25, 0.3) is 0 Å². The van der Waals surface area contributed by atoms with Crippen LogP contribution in [0.4, 0.5) is 14.5 Å². The molecular formula is C15H10F2N2O. The maximum atomic E-state index is 13.7. The van der Waals surface area contributed by atoms with Crippen molar-refractivity contribution in [2.45, 2.75) is 0 Å². The highest BCUT2D eigenvalue weighted by atomic mass is 19.2. The van der Waals surface area contributed by atoms with Gasteiger partial charge in [0.2, 0.25) is 5.82 Å². The van der Waals surface area contributed by atoms with Crippen molar-refractivity contribution in [2.75, 3.05) is 5.73 Å². The van der Waals surface area contributed by atoms with Crippen LogP contribution in [0.1, 0.15) is 0 Å². The van der Waals surface area contributed by atoms with Gasteiger partial charge in [-0.3, -0.25) is 4.98 Å². The van der Waals surface area contributed by atoms with Crippen LogP contribution in [-0.2, 0) is 0 Å². The summed E-state index contributed by atoms with van der Waals surface area (Å²) < 4.78 is 32.2. The second-order valence-electron chi connectivity index (χ2n) is 4.25. The number of nitrogens with zero attached hydrogens (tertiary/aromatic N) is 1. The standard InChI is InChI=1S/C15H10F2N2O/c16-11-5-6-12(18)15(14(11)17)20-10-7-9-3-1-2-4-13(9)19-8-10/h1-8H,18H2. The summed E-state index contributed by atoms with van der Waals surface area (Å²) in [5, 5.41) is 0.834. The molecule has 0 spiro atoms. The fourth-order valence-electron chi connectivity index (χ4n) is 1.88. The number of ether oxygens (including phenoxy) is 1. The summed E-state index contributed by atoms with van der Waals surface area (Å²) in [6.45, 7) is 0. The number of halogens is 2. The molecule has 0 aliphatic heterocycles. The van der Waals surface area contributed by atoms with Crippen molar-refractivity contribution in [1.82, 2.24) is 4.98 Å². The van der Waals surface area contributed by atoms with E-state index in [1.807, 2.05) is 24.3 Å². The van der Waals surface area contributed by atoms with Gasteiger partial charge in [-0.25, -0.2) is 4.39 Å². The number of hydrogen-bond acceptors (Lipinski definition) is 3. The number of hydrogen-bond donors (Lipinski definition) is 1. The minimum atomic E-state index is -1.11. The monoisotopic (exact) mass is 272 g/mol. The third kappa shape index (κ3) is 2.14. The van der Waals surface area contributed by atoms with E-state index in [4.69, 9.17) is 10.5 Å². The number of nitrogens with two attached hydrogens (primary N) is 1. The number of pyridine rings is 1. The third-order valence-electron chi connectivity index (χ3n) is 2.87. The smallest absolute Gasteiger partial charge is 0.203 e. The number of nitrogen functional groups attached to an aromatic ring is 1. The number of fused-ring (bicyclic) bond motifs is 1. The van der Waals surface area contributed by atoms with Gasteiger partial charge < -0.3 is 10.5 Å². The molecule has 0 bridgehead atoms. The predicted molar refractivity (Wildman–Crippen MR) is 72.6 cm³/mol. The lowest BCUT2D eigenvalue weighted by Gasteiger charge is -2.10. The maximum absolute atomic E-state index is 13.7. The molecule has 0 aliphatic rings. The first-order valence-corrected chi connectivity index (χ1v) is 5.91. The summed E-state index contributed by atoms with van der Waals surface area (Å²) in [6, 6.07) is 11.3. The number of rotatable bonds is 2. The second-order valence-corrected chi connectivity index (χ2v) is 4.25. The van der Waals surface area contributed by atoms with E-state index in [1.165, 1.54) is 12.3 Å². The van der Waals surface area contributed by atoms with Crippen LogP contribution in [0.5, 0.6) is 11.5 Å². The van der Waals surface area contributed by atoms with Crippen LogP contribution < -0.4 is 10.5 Å². The van der Waals surface area contributed by atoms with Crippen molar-refractivity contribution in [3.05, 3.63) is 60.3 Å². The Labute approximate surface area is 113 Å². The Morgan fingerprint density at radius 1 is 1.05 bits per heavy atom. The van der Waals surface area contributed by atoms with Crippen LogP contribution in [0, 0.1) is 11.6 Å². The lowest BCUT2D eigenvalue weighted by Crippen LogP contribution is -1.98. The quantitative estimate of drug-likeness (QED) is 0.720. The topological polar surface area (TPSA) is 48.1 Å². The first kappa shape index (κ1) is 12.3. The summed E-state index contributed by atoms with van der Waals surface area (Å²) in [5.41, 5.74) is 6.41. The Bertz CT molecular complexity index is 790. The summed E-state index contributed by atoms with van der Waals surface area (Å²) in [6.07, 6.45) is 1.44. The summed E-state index contributed by atoms with van der Waals surface area (Å²) in [4.78, 5) is 4.18. The van der Waals surface area contributed by atoms with E-state index in [0.717, 1.165) is 17.0 Å². The fourth-order valence-corrected chi connectivity index (χ4v) is 1.88. The van der Waals surface area contributed by atoms with E-state index >= 15 is 0 Å². The van der Waals surface area contributed by atoms with Crippen molar-refractivity contribution in [2.24, 2.45) is 0 Å². The Hall–Kier alpha value is -2.69. The van der Waals surface area contributed by atoms with Crippen LogP contribution in [0.15, 0.2) is 48.7 Å². The van der Waals surface area contributed by atoms with E-state index in [1.54, 1.807) is 6.07 Å². The molecule has 0 fully saturated rings. The van der Waals surface area contributed by atoms with Crippen LogP contribution in [0.2, 0.25) is 0 Å². The Kier molecular flexibility index (Phi) is 2.95. The summed E-state index contributed by atoms with van der Waals surface area (Å²) in [7, 11) is 0. The zero-order valence-electron chi connectivity index (χ0n) is 10.3. The molecular weight excluding hydrogens is 262 g/mol. The molecule has 1 heterocycles. The molecule has 2 N–H and O–H groups in total.